The van der Waals surface area contributed by atoms with Crippen LogP contribution in [0.4, 0.5) is 0 Å². The van der Waals surface area contributed by atoms with Crippen molar-refractivity contribution in [2.24, 2.45) is 5.73 Å². The van der Waals surface area contributed by atoms with Gasteiger partial charge in [-0.15, -0.1) is 11.8 Å². The summed E-state index contributed by atoms with van der Waals surface area (Å²) in [6.07, 6.45) is 0. The van der Waals surface area contributed by atoms with Crippen molar-refractivity contribution in [1.82, 2.24) is 4.90 Å². The molecule has 2 heterocycles. The summed E-state index contributed by atoms with van der Waals surface area (Å²) in [5.41, 5.74) is 8.07. The fraction of sp³-hybridized carbons (Fsp3) is 0.158. The number of fused-ring (bicyclic) bond motifs is 1. The minimum atomic E-state index is -1.08. The highest BCUT2D eigenvalue weighted by Gasteiger charge is 2.51. The van der Waals surface area contributed by atoms with Crippen LogP contribution in [0.5, 0.6) is 0 Å². The first kappa shape index (κ1) is 17.2. The molecule has 0 bridgehead atoms. The van der Waals surface area contributed by atoms with Gasteiger partial charge in [-0.3, -0.25) is 9.69 Å². The topological polar surface area (TPSA) is 83.6 Å². The summed E-state index contributed by atoms with van der Waals surface area (Å²) in [6.45, 7) is 0. The van der Waals surface area contributed by atoms with E-state index in [4.69, 9.17) is 5.73 Å². The molecule has 2 aromatic carbocycles. The molecule has 0 aromatic heterocycles. The zero-order chi connectivity index (χ0) is 18.3. The van der Waals surface area contributed by atoms with Crippen LogP contribution in [-0.2, 0) is 9.59 Å². The van der Waals surface area contributed by atoms with Crippen LogP contribution >= 0.6 is 23.5 Å². The second kappa shape index (κ2) is 6.83. The first-order valence-electron chi connectivity index (χ1n) is 8.06. The third-order valence-corrected chi connectivity index (χ3v) is 6.96. The summed E-state index contributed by atoms with van der Waals surface area (Å²) >= 11 is 2.90. The number of aliphatic carboxylic acids is 1. The number of carboxylic acids is 1. The highest BCUT2D eigenvalue weighted by atomic mass is 32.2. The van der Waals surface area contributed by atoms with E-state index in [0.29, 0.717) is 10.7 Å². The van der Waals surface area contributed by atoms with Gasteiger partial charge in [-0.1, -0.05) is 54.2 Å². The van der Waals surface area contributed by atoms with Crippen LogP contribution in [0.3, 0.4) is 0 Å². The molecular weight excluding hydrogens is 368 g/mol. The first-order valence-corrected chi connectivity index (χ1v) is 9.93. The second-order valence-electron chi connectivity index (χ2n) is 6.00. The van der Waals surface area contributed by atoms with Crippen molar-refractivity contribution in [3.05, 3.63) is 65.2 Å². The van der Waals surface area contributed by atoms with E-state index >= 15 is 0 Å². The Balaban J connectivity index is 1.59. The van der Waals surface area contributed by atoms with Crippen LogP contribution in [0.15, 0.2) is 70.1 Å². The van der Waals surface area contributed by atoms with E-state index in [0.717, 1.165) is 16.0 Å². The SMILES string of the molecule is N[C@@H]1C(=O)N2C(C(=O)O)=C(Sc3ccc(-c4ccccc4)cc3)CS[C@@H]12. The summed E-state index contributed by atoms with van der Waals surface area (Å²) in [4.78, 5) is 26.6. The van der Waals surface area contributed by atoms with Crippen molar-refractivity contribution >= 4 is 35.4 Å². The van der Waals surface area contributed by atoms with Crippen molar-refractivity contribution in [1.29, 1.82) is 0 Å². The van der Waals surface area contributed by atoms with Gasteiger partial charge in [0.25, 0.3) is 0 Å². The largest absolute Gasteiger partial charge is 0.477 e. The van der Waals surface area contributed by atoms with Gasteiger partial charge < -0.3 is 10.8 Å². The van der Waals surface area contributed by atoms with Gasteiger partial charge >= 0.3 is 5.97 Å². The fourth-order valence-electron chi connectivity index (χ4n) is 3.05. The molecule has 0 saturated carbocycles. The maximum atomic E-state index is 12.0. The van der Waals surface area contributed by atoms with Crippen LogP contribution in [0.2, 0.25) is 0 Å². The monoisotopic (exact) mass is 384 g/mol. The number of hydrogen-bond donors (Lipinski definition) is 2. The van der Waals surface area contributed by atoms with Gasteiger partial charge in [0.2, 0.25) is 5.91 Å². The van der Waals surface area contributed by atoms with Crippen molar-refractivity contribution in [3.63, 3.8) is 0 Å². The van der Waals surface area contributed by atoms with Gasteiger partial charge in [0.05, 0.1) is 0 Å². The Labute approximate surface area is 159 Å². The van der Waals surface area contributed by atoms with Crippen molar-refractivity contribution in [2.45, 2.75) is 16.3 Å². The number of β-lactam (4-membered cyclic amide) rings is 1. The number of nitrogens with zero attached hydrogens (tertiary/aromatic N) is 1. The number of thioether (sulfide) groups is 2. The zero-order valence-electron chi connectivity index (χ0n) is 13.7. The quantitative estimate of drug-likeness (QED) is 0.789. The van der Waals surface area contributed by atoms with E-state index in [1.165, 1.54) is 28.4 Å². The highest BCUT2D eigenvalue weighted by Crippen LogP contribution is 2.44. The van der Waals surface area contributed by atoms with E-state index in [2.05, 4.69) is 0 Å². The van der Waals surface area contributed by atoms with Crippen molar-refractivity contribution in [2.75, 3.05) is 5.75 Å². The lowest BCUT2D eigenvalue weighted by Crippen LogP contribution is -2.68. The van der Waals surface area contributed by atoms with Crippen LogP contribution in [0.1, 0.15) is 0 Å². The van der Waals surface area contributed by atoms with Crippen LogP contribution in [-0.4, -0.2) is 39.1 Å². The Morgan fingerprint density at radius 1 is 1.12 bits per heavy atom. The Kier molecular flexibility index (Phi) is 4.52. The molecule has 0 unspecified atom stereocenters. The van der Waals surface area contributed by atoms with E-state index < -0.39 is 12.0 Å². The number of amides is 1. The molecule has 1 amide bonds. The lowest BCUT2D eigenvalue weighted by Gasteiger charge is -2.47. The molecule has 7 heteroatoms. The summed E-state index contributed by atoms with van der Waals surface area (Å²) in [5.74, 6) is -0.870. The summed E-state index contributed by atoms with van der Waals surface area (Å²) in [6, 6.07) is 17.4. The maximum absolute atomic E-state index is 12.0. The standard InChI is InChI=1S/C19H16N2O3S2/c20-15-17(22)21-16(19(23)24)14(10-25-18(15)21)26-13-8-6-12(7-9-13)11-4-2-1-3-5-11/h1-9,15,18H,10,20H2,(H,23,24)/t15-,18+/m1/s1. The predicted molar refractivity (Wildman–Crippen MR) is 103 cm³/mol. The number of rotatable bonds is 4. The smallest absolute Gasteiger partial charge is 0.353 e. The molecule has 1 fully saturated rings. The van der Waals surface area contributed by atoms with E-state index in [-0.39, 0.29) is 17.0 Å². The summed E-state index contributed by atoms with van der Waals surface area (Å²) in [7, 11) is 0. The number of carboxylic acid groups (broad SMARTS) is 1. The molecule has 0 radical (unpaired) electrons. The van der Waals surface area contributed by atoms with Gasteiger partial charge in [0.1, 0.15) is 17.1 Å². The molecular formula is C19H16N2O3S2. The molecule has 3 N–H and O–H groups in total. The third-order valence-electron chi connectivity index (χ3n) is 4.38. The Bertz CT molecular complexity index is 897. The number of carbonyl (C=O) groups is 2. The molecule has 1 saturated heterocycles. The number of carbonyl (C=O) groups excluding carboxylic acids is 1. The van der Waals surface area contributed by atoms with Crippen LogP contribution in [0.25, 0.3) is 11.1 Å². The number of nitrogens with two attached hydrogens (primary N) is 1. The Hall–Kier alpha value is -2.22. The third kappa shape index (κ3) is 2.92. The van der Waals surface area contributed by atoms with Gasteiger partial charge in [0, 0.05) is 15.6 Å². The van der Waals surface area contributed by atoms with Crippen molar-refractivity contribution < 1.29 is 14.7 Å². The van der Waals surface area contributed by atoms with E-state index in [9.17, 15) is 14.7 Å². The average Bonchev–Trinajstić information content (AvgIpc) is 2.68. The van der Waals surface area contributed by atoms with Crippen LogP contribution < -0.4 is 5.73 Å². The zero-order valence-corrected chi connectivity index (χ0v) is 15.3. The van der Waals surface area contributed by atoms with Crippen molar-refractivity contribution in [3.8, 4) is 11.1 Å². The average molecular weight is 384 g/mol. The summed E-state index contributed by atoms with van der Waals surface area (Å²) in [5, 5.41) is 9.33. The molecule has 2 atom stereocenters. The Morgan fingerprint density at radius 3 is 2.42 bits per heavy atom. The minimum Gasteiger partial charge on any atom is -0.477 e. The van der Waals surface area contributed by atoms with Gasteiger partial charge in [-0.25, -0.2) is 4.79 Å². The second-order valence-corrected chi connectivity index (χ2v) is 8.28. The Morgan fingerprint density at radius 2 is 1.77 bits per heavy atom. The van der Waals surface area contributed by atoms with Gasteiger partial charge in [-0.05, 0) is 23.3 Å². The lowest BCUT2D eigenvalue weighted by molar-refractivity contribution is -0.147. The molecule has 132 valence electrons. The van der Waals surface area contributed by atoms with Gasteiger partial charge in [-0.2, -0.15) is 0 Å². The normalized spacial score (nSPS) is 22.0. The molecule has 2 aliphatic rings. The molecule has 5 nitrogen and oxygen atoms in total. The number of hydrogen-bond acceptors (Lipinski definition) is 5. The first-order chi connectivity index (χ1) is 12.6. The maximum Gasteiger partial charge on any atom is 0.353 e. The minimum absolute atomic E-state index is 0.0672. The highest BCUT2D eigenvalue weighted by molar-refractivity contribution is 8.06. The molecule has 0 aliphatic carbocycles. The fourth-order valence-corrected chi connectivity index (χ4v) is 5.47. The van der Waals surface area contributed by atoms with Crippen LogP contribution in [0, 0.1) is 0 Å². The predicted octanol–water partition coefficient (Wildman–Crippen LogP) is 2.98. The number of benzene rings is 2. The van der Waals surface area contributed by atoms with E-state index in [1.807, 2.05) is 54.6 Å². The molecule has 0 spiro atoms. The van der Waals surface area contributed by atoms with Gasteiger partial charge in [0.15, 0.2) is 0 Å². The molecule has 26 heavy (non-hydrogen) atoms. The molecule has 4 rings (SSSR count). The molecule has 2 aliphatic heterocycles. The lowest BCUT2D eigenvalue weighted by atomic mass is 10.1. The molecule has 2 aromatic rings. The summed E-state index contributed by atoms with van der Waals surface area (Å²) < 4.78 is 0. The van der Waals surface area contributed by atoms with E-state index in [1.54, 1.807) is 0 Å².